The topological polar surface area (TPSA) is 87.4 Å². The minimum Gasteiger partial charge on any atom is -0.507 e. The first kappa shape index (κ1) is 15.5. The van der Waals surface area contributed by atoms with Gasteiger partial charge < -0.3 is 15.5 Å². The van der Waals surface area contributed by atoms with Crippen molar-refractivity contribution in [1.82, 2.24) is 9.55 Å². The molecular formula is C21H15N3O3. The van der Waals surface area contributed by atoms with E-state index in [-0.39, 0.29) is 17.5 Å². The molecule has 27 heavy (non-hydrogen) atoms. The SMILES string of the molecule is O=C(O)c1cc(C2Nc3ccccc3-c3nc4ccccc4n32)ccc1O. The highest BCUT2D eigenvalue weighted by molar-refractivity contribution is 5.91. The summed E-state index contributed by atoms with van der Waals surface area (Å²) in [5, 5.41) is 22.7. The van der Waals surface area contributed by atoms with Crippen LogP contribution in [0.25, 0.3) is 22.4 Å². The number of para-hydroxylation sites is 3. The van der Waals surface area contributed by atoms with Gasteiger partial charge in [0.15, 0.2) is 0 Å². The van der Waals surface area contributed by atoms with Gasteiger partial charge in [-0.1, -0.05) is 30.3 Å². The molecule has 0 fully saturated rings. The molecule has 1 atom stereocenters. The Morgan fingerprint density at radius 3 is 2.67 bits per heavy atom. The number of carboxylic acids is 1. The zero-order valence-corrected chi connectivity index (χ0v) is 14.1. The van der Waals surface area contributed by atoms with Crippen molar-refractivity contribution in [2.75, 3.05) is 5.32 Å². The number of phenols is 1. The predicted molar refractivity (Wildman–Crippen MR) is 102 cm³/mol. The van der Waals surface area contributed by atoms with Gasteiger partial charge in [0.1, 0.15) is 23.3 Å². The normalized spacial score (nSPS) is 15.0. The third-order valence-corrected chi connectivity index (χ3v) is 4.88. The van der Waals surface area contributed by atoms with Gasteiger partial charge in [0.25, 0.3) is 0 Å². The first-order chi connectivity index (χ1) is 13.1. The molecule has 1 aliphatic heterocycles. The molecule has 3 aromatic carbocycles. The second-order valence-electron chi connectivity index (χ2n) is 6.47. The minimum absolute atomic E-state index is 0.126. The molecule has 6 heteroatoms. The number of nitrogens with zero attached hydrogens (tertiary/aromatic N) is 2. The average Bonchev–Trinajstić information content (AvgIpc) is 3.07. The number of benzene rings is 3. The van der Waals surface area contributed by atoms with Gasteiger partial charge in [-0.15, -0.1) is 0 Å². The Morgan fingerprint density at radius 1 is 1.04 bits per heavy atom. The number of imidazole rings is 1. The molecule has 132 valence electrons. The number of aromatic nitrogens is 2. The van der Waals surface area contributed by atoms with Crippen LogP contribution >= 0.6 is 0 Å². The highest BCUT2D eigenvalue weighted by atomic mass is 16.4. The maximum atomic E-state index is 11.5. The lowest BCUT2D eigenvalue weighted by Crippen LogP contribution is -2.25. The molecule has 0 amide bonds. The van der Waals surface area contributed by atoms with E-state index in [1.807, 2.05) is 48.5 Å². The molecule has 0 spiro atoms. The molecule has 6 nitrogen and oxygen atoms in total. The highest BCUT2D eigenvalue weighted by Crippen LogP contribution is 2.40. The predicted octanol–water partition coefficient (Wildman–Crippen LogP) is 4.08. The molecule has 1 aliphatic rings. The third kappa shape index (κ3) is 2.27. The lowest BCUT2D eigenvalue weighted by atomic mass is 10.0. The molecule has 2 heterocycles. The van der Waals surface area contributed by atoms with Crippen molar-refractivity contribution in [2.45, 2.75) is 6.17 Å². The zero-order chi connectivity index (χ0) is 18.5. The van der Waals surface area contributed by atoms with E-state index < -0.39 is 5.97 Å². The van der Waals surface area contributed by atoms with E-state index in [9.17, 15) is 15.0 Å². The van der Waals surface area contributed by atoms with Crippen LogP contribution in [0.3, 0.4) is 0 Å². The summed E-state index contributed by atoms with van der Waals surface area (Å²) in [7, 11) is 0. The van der Waals surface area contributed by atoms with E-state index in [1.165, 1.54) is 12.1 Å². The van der Waals surface area contributed by atoms with Crippen molar-refractivity contribution in [2.24, 2.45) is 0 Å². The summed E-state index contributed by atoms with van der Waals surface area (Å²) in [5.41, 5.74) is 4.33. The van der Waals surface area contributed by atoms with Crippen LogP contribution in [0.5, 0.6) is 5.75 Å². The van der Waals surface area contributed by atoms with Crippen LogP contribution in [-0.2, 0) is 0 Å². The van der Waals surface area contributed by atoms with E-state index in [4.69, 9.17) is 4.98 Å². The third-order valence-electron chi connectivity index (χ3n) is 4.88. The number of aromatic hydroxyl groups is 1. The fourth-order valence-corrected chi connectivity index (χ4v) is 3.64. The number of fused-ring (bicyclic) bond motifs is 5. The number of rotatable bonds is 2. The number of carboxylic acid groups (broad SMARTS) is 1. The van der Waals surface area contributed by atoms with Crippen molar-refractivity contribution < 1.29 is 15.0 Å². The van der Waals surface area contributed by atoms with Crippen LogP contribution in [0.4, 0.5) is 5.69 Å². The van der Waals surface area contributed by atoms with E-state index >= 15 is 0 Å². The molecule has 3 N–H and O–H groups in total. The number of aromatic carboxylic acids is 1. The summed E-state index contributed by atoms with van der Waals surface area (Å²) in [6, 6.07) is 20.4. The van der Waals surface area contributed by atoms with E-state index in [2.05, 4.69) is 9.88 Å². The molecule has 0 radical (unpaired) electrons. The molecule has 0 aliphatic carbocycles. The van der Waals surface area contributed by atoms with Crippen LogP contribution in [0.1, 0.15) is 22.1 Å². The molecule has 5 rings (SSSR count). The van der Waals surface area contributed by atoms with E-state index in [0.29, 0.717) is 0 Å². The first-order valence-corrected chi connectivity index (χ1v) is 8.52. The minimum atomic E-state index is -1.17. The van der Waals surface area contributed by atoms with E-state index in [1.54, 1.807) is 6.07 Å². The summed E-state index contributed by atoms with van der Waals surface area (Å²) in [6.07, 6.45) is -0.346. The van der Waals surface area contributed by atoms with Gasteiger partial charge in [-0.05, 0) is 42.0 Å². The molecular weight excluding hydrogens is 342 g/mol. The Hall–Kier alpha value is -3.80. The van der Waals surface area contributed by atoms with Gasteiger partial charge >= 0.3 is 5.97 Å². The van der Waals surface area contributed by atoms with Crippen molar-refractivity contribution in [1.29, 1.82) is 0 Å². The van der Waals surface area contributed by atoms with Crippen molar-refractivity contribution in [3.8, 4) is 17.1 Å². The van der Waals surface area contributed by atoms with Gasteiger partial charge in [-0.3, -0.25) is 4.57 Å². The standard InChI is InChI=1S/C21H15N3O3/c25-18-10-9-12(11-14(18)21(26)27)19-22-15-6-2-1-5-13(15)20-23-16-7-3-4-8-17(16)24(19)20/h1-11,19,22,25H,(H,26,27). The maximum absolute atomic E-state index is 11.5. The quantitative estimate of drug-likeness (QED) is 0.503. The summed E-state index contributed by atoms with van der Waals surface area (Å²) in [6.45, 7) is 0. The van der Waals surface area contributed by atoms with Crippen LogP contribution in [0, 0.1) is 0 Å². The number of carbonyl (C=O) groups is 1. The van der Waals surface area contributed by atoms with Gasteiger partial charge in [0, 0.05) is 11.3 Å². The van der Waals surface area contributed by atoms with Crippen molar-refractivity contribution in [3.05, 3.63) is 77.9 Å². The van der Waals surface area contributed by atoms with Crippen molar-refractivity contribution >= 4 is 22.7 Å². The smallest absolute Gasteiger partial charge is 0.339 e. The van der Waals surface area contributed by atoms with Crippen LogP contribution in [0.15, 0.2) is 66.7 Å². The van der Waals surface area contributed by atoms with Gasteiger partial charge in [0.2, 0.25) is 0 Å². The Balaban J connectivity index is 1.79. The number of nitrogens with one attached hydrogen (secondary N) is 1. The average molecular weight is 357 g/mol. The summed E-state index contributed by atoms with van der Waals surface area (Å²) in [4.78, 5) is 16.3. The Labute approximate surface area is 154 Å². The molecule has 0 saturated heterocycles. The Morgan fingerprint density at radius 2 is 1.81 bits per heavy atom. The van der Waals surface area contributed by atoms with Crippen LogP contribution in [0.2, 0.25) is 0 Å². The Kier molecular flexibility index (Phi) is 3.21. The monoisotopic (exact) mass is 357 g/mol. The molecule has 1 aromatic heterocycles. The second kappa shape index (κ2) is 5.60. The summed E-state index contributed by atoms with van der Waals surface area (Å²) < 4.78 is 2.07. The molecule has 0 saturated carbocycles. The number of hydrogen-bond acceptors (Lipinski definition) is 4. The second-order valence-corrected chi connectivity index (χ2v) is 6.47. The van der Waals surface area contributed by atoms with E-state index in [0.717, 1.165) is 33.7 Å². The number of anilines is 1. The zero-order valence-electron chi connectivity index (χ0n) is 14.1. The highest BCUT2D eigenvalue weighted by Gasteiger charge is 2.28. The van der Waals surface area contributed by atoms with Gasteiger partial charge in [-0.25, -0.2) is 9.78 Å². The maximum Gasteiger partial charge on any atom is 0.339 e. The summed E-state index contributed by atoms with van der Waals surface area (Å²) in [5.74, 6) is -0.597. The first-order valence-electron chi connectivity index (χ1n) is 8.52. The molecule has 1 unspecified atom stereocenters. The number of hydrogen-bond donors (Lipinski definition) is 3. The van der Waals surface area contributed by atoms with Gasteiger partial charge in [0.05, 0.1) is 11.0 Å². The molecule has 0 bridgehead atoms. The largest absolute Gasteiger partial charge is 0.507 e. The van der Waals surface area contributed by atoms with Crippen LogP contribution in [-0.4, -0.2) is 25.7 Å². The van der Waals surface area contributed by atoms with Crippen LogP contribution < -0.4 is 5.32 Å². The molecule has 4 aromatic rings. The lowest BCUT2D eigenvalue weighted by Gasteiger charge is -2.30. The van der Waals surface area contributed by atoms with Gasteiger partial charge in [-0.2, -0.15) is 0 Å². The fourth-order valence-electron chi connectivity index (χ4n) is 3.64. The Bertz CT molecular complexity index is 1210. The fraction of sp³-hybridized carbons (Fsp3) is 0.0476. The van der Waals surface area contributed by atoms with Crippen molar-refractivity contribution in [3.63, 3.8) is 0 Å². The lowest BCUT2D eigenvalue weighted by molar-refractivity contribution is 0.0693. The summed E-state index contributed by atoms with van der Waals surface area (Å²) >= 11 is 0.